The summed E-state index contributed by atoms with van der Waals surface area (Å²) in [6.07, 6.45) is 0. The first-order chi connectivity index (χ1) is 8.57. The van der Waals surface area contributed by atoms with Crippen LogP contribution in [0.1, 0.15) is 29.9 Å². The maximum Gasteiger partial charge on any atom is 0.125 e. The van der Waals surface area contributed by atoms with Crippen LogP contribution in [0.15, 0.2) is 35.7 Å². The summed E-state index contributed by atoms with van der Waals surface area (Å²) in [6.45, 7) is 6.38. The standard InChI is InChI=1S/C15H18O2S/c1-4-17-13-8-6-5-7-12(13)15(3,16)14-11(2)9-10-18-14/h5-10,16H,4H2,1-3H3. The molecular formula is C15H18O2S. The van der Waals surface area contributed by atoms with E-state index in [1.54, 1.807) is 11.3 Å². The van der Waals surface area contributed by atoms with Crippen molar-refractivity contribution in [2.45, 2.75) is 26.4 Å². The number of hydrogen-bond donors (Lipinski definition) is 1. The Labute approximate surface area is 112 Å². The smallest absolute Gasteiger partial charge is 0.125 e. The van der Waals surface area contributed by atoms with E-state index < -0.39 is 5.60 Å². The van der Waals surface area contributed by atoms with Gasteiger partial charge in [-0.05, 0) is 43.8 Å². The average Bonchev–Trinajstić information content (AvgIpc) is 2.77. The first kappa shape index (κ1) is 13.1. The van der Waals surface area contributed by atoms with Crippen LogP contribution in [0.2, 0.25) is 0 Å². The van der Waals surface area contributed by atoms with Crippen LogP contribution in [0.4, 0.5) is 0 Å². The van der Waals surface area contributed by atoms with Crippen LogP contribution in [0, 0.1) is 6.92 Å². The van der Waals surface area contributed by atoms with Gasteiger partial charge < -0.3 is 9.84 Å². The SMILES string of the molecule is CCOc1ccccc1C(C)(O)c1sccc1C. The molecule has 2 nitrogen and oxygen atoms in total. The van der Waals surface area contributed by atoms with E-state index in [2.05, 4.69) is 0 Å². The van der Waals surface area contributed by atoms with E-state index in [-0.39, 0.29) is 0 Å². The third-order valence-electron chi connectivity index (χ3n) is 3.02. The van der Waals surface area contributed by atoms with Crippen molar-refractivity contribution < 1.29 is 9.84 Å². The highest BCUT2D eigenvalue weighted by atomic mass is 32.1. The van der Waals surface area contributed by atoms with Gasteiger partial charge in [-0.15, -0.1) is 11.3 Å². The molecule has 0 amide bonds. The average molecular weight is 262 g/mol. The molecule has 0 radical (unpaired) electrons. The molecule has 1 aromatic carbocycles. The lowest BCUT2D eigenvalue weighted by Crippen LogP contribution is -2.23. The van der Waals surface area contributed by atoms with Crippen LogP contribution in [0.5, 0.6) is 5.75 Å². The third-order valence-corrected chi connectivity index (χ3v) is 4.24. The van der Waals surface area contributed by atoms with Gasteiger partial charge in [0.05, 0.1) is 6.61 Å². The molecule has 2 rings (SSSR count). The van der Waals surface area contributed by atoms with Crippen molar-refractivity contribution in [3.63, 3.8) is 0 Å². The monoisotopic (exact) mass is 262 g/mol. The predicted octanol–water partition coefficient (Wildman–Crippen LogP) is 3.71. The fraction of sp³-hybridized carbons (Fsp3) is 0.333. The maximum absolute atomic E-state index is 10.9. The first-order valence-electron chi connectivity index (χ1n) is 6.06. The molecule has 0 bridgehead atoms. The molecule has 18 heavy (non-hydrogen) atoms. The van der Waals surface area contributed by atoms with Crippen molar-refractivity contribution in [2.24, 2.45) is 0 Å². The molecular weight excluding hydrogens is 244 g/mol. The molecule has 0 aliphatic rings. The zero-order valence-corrected chi connectivity index (χ0v) is 11.8. The zero-order chi connectivity index (χ0) is 13.2. The molecule has 2 aromatic rings. The van der Waals surface area contributed by atoms with Gasteiger partial charge in [0.25, 0.3) is 0 Å². The maximum atomic E-state index is 10.9. The first-order valence-corrected chi connectivity index (χ1v) is 6.94. The van der Waals surface area contributed by atoms with E-state index in [0.717, 1.165) is 21.8 Å². The number of thiophene rings is 1. The van der Waals surface area contributed by atoms with Crippen molar-refractivity contribution >= 4 is 11.3 Å². The van der Waals surface area contributed by atoms with Gasteiger partial charge in [-0.2, -0.15) is 0 Å². The normalized spacial score (nSPS) is 14.2. The Balaban J connectivity index is 2.50. The lowest BCUT2D eigenvalue weighted by molar-refractivity contribution is 0.101. The van der Waals surface area contributed by atoms with Crippen LogP contribution in [-0.4, -0.2) is 11.7 Å². The molecule has 0 spiro atoms. The summed E-state index contributed by atoms with van der Waals surface area (Å²) >= 11 is 1.57. The lowest BCUT2D eigenvalue weighted by atomic mass is 9.91. The number of hydrogen-bond acceptors (Lipinski definition) is 3. The van der Waals surface area contributed by atoms with Crippen molar-refractivity contribution in [2.75, 3.05) is 6.61 Å². The second-order valence-electron chi connectivity index (χ2n) is 4.43. The minimum atomic E-state index is -1.01. The lowest BCUT2D eigenvalue weighted by Gasteiger charge is -2.26. The van der Waals surface area contributed by atoms with Crippen molar-refractivity contribution in [3.05, 3.63) is 51.7 Å². The van der Waals surface area contributed by atoms with Gasteiger partial charge in [0.1, 0.15) is 11.4 Å². The molecule has 0 aliphatic heterocycles. The molecule has 1 atom stereocenters. The van der Waals surface area contributed by atoms with E-state index in [9.17, 15) is 5.11 Å². The highest BCUT2D eigenvalue weighted by Gasteiger charge is 2.31. The van der Waals surface area contributed by atoms with E-state index in [1.807, 2.05) is 56.5 Å². The summed E-state index contributed by atoms with van der Waals surface area (Å²) in [6, 6.07) is 9.69. The fourth-order valence-electron chi connectivity index (χ4n) is 2.14. The topological polar surface area (TPSA) is 29.5 Å². The van der Waals surface area contributed by atoms with Gasteiger partial charge >= 0.3 is 0 Å². The van der Waals surface area contributed by atoms with Crippen LogP contribution >= 0.6 is 11.3 Å². The predicted molar refractivity (Wildman–Crippen MR) is 75.3 cm³/mol. The molecule has 0 saturated carbocycles. The third kappa shape index (κ3) is 2.28. The second kappa shape index (κ2) is 5.12. The summed E-state index contributed by atoms with van der Waals surface area (Å²) in [5.41, 5.74) is 0.915. The van der Waals surface area contributed by atoms with Gasteiger partial charge in [0.15, 0.2) is 0 Å². The summed E-state index contributed by atoms with van der Waals surface area (Å²) in [7, 11) is 0. The molecule has 96 valence electrons. The Morgan fingerprint density at radius 2 is 2.00 bits per heavy atom. The van der Waals surface area contributed by atoms with Crippen molar-refractivity contribution in [1.82, 2.24) is 0 Å². The van der Waals surface area contributed by atoms with Gasteiger partial charge in [-0.3, -0.25) is 0 Å². The van der Waals surface area contributed by atoms with Gasteiger partial charge in [0, 0.05) is 10.4 Å². The molecule has 3 heteroatoms. The molecule has 1 heterocycles. The highest BCUT2D eigenvalue weighted by Crippen LogP contribution is 2.39. The minimum Gasteiger partial charge on any atom is -0.493 e. The number of aliphatic hydroxyl groups is 1. The molecule has 1 aromatic heterocycles. The Kier molecular flexibility index (Phi) is 3.73. The fourth-order valence-corrected chi connectivity index (χ4v) is 3.15. The number of rotatable bonds is 4. The van der Waals surface area contributed by atoms with Gasteiger partial charge in [-0.25, -0.2) is 0 Å². The highest BCUT2D eigenvalue weighted by molar-refractivity contribution is 7.10. The molecule has 0 saturated heterocycles. The summed E-state index contributed by atoms with van der Waals surface area (Å²) < 4.78 is 5.61. The Morgan fingerprint density at radius 3 is 2.61 bits per heavy atom. The van der Waals surface area contributed by atoms with Crippen molar-refractivity contribution in [1.29, 1.82) is 0 Å². The van der Waals surface area contributed by atoms with Crippen LogP contribution in [-0.2, 0) is 5.60 Å². The van der Waals surface area contributed by atoms with E-state index in [4.69, 9.17) is 4.74 Å². The zero-order valence-electron chi connectivity index (χ0n) is 10.9. The Hall–Kier alpha value is -1.32. The summed E-state index contributed by atoms with van der Waals surface area (Å²) in [4.78, 5) is 0.967. The van der Waals surface area contributed by atoms with Gasteiger partial charge in [-0.1, -0.05) is 18.2 Å². The van der Waals surface area contributed by atoms with Crippen LogP contribution < -0.4 is 4.74 Å². The quantitative estimate of drug-likeness (QED) is 0.910. The Morgan fingerprint density at radius 1 is 1.28 bits per heavy atom. The van der Waals surface area contributed by atoms with Crippen molar-refractivity contribution in [3.8, 4) is 5.75 Å². The van der Waals surface area contributed by atoms with Gasteiger partial charge in [0.2, 0.25) is 0 Å². The van der Waals surface area contributed by atoms with E-state index in [0.29, 0.717) is 6.61 Å². The number of benzene rings is 1. The second-order valence-corrected chi connectivity index (χ2v) is 5.35. The molecule has 0 aliphatic carbocycles. The molecule has 0 fully saturated rings. The number of ether oxygens (including phenoxy) is 1. The largest absolute Gasteiger partial charge is 0.493 e. The Bertz CT molecular complexity index is 529. The molecule has 1 N–H and O–H groups in total. The summed E-state index contributed by atoms with van der Waals surface area (Å²) in [5.74, 6) is 0.748. The number of para-hydroxylation sites is 1. The van der Waals surface area contributed by atoms with E-state index >= 15 is 0 Å². The number of aryl methyl sites for hydroxylation is 1. The molecule has 1 unspecified atom stereocenters. The van der Waals surface area contributed by atoms with E-state index in [1.165, 1.54) is 0 Å². The minimum absolute atomic E-state index is 0.594. The van der Waals surface area contributed by atoms with Crippen LogP contribution in [0.25, 0.3) is 0 Å². The summed E-state index contributed by atoms with van der Waals surface area (Å²) in [5, 5.41) is 12.9. The van der Waals surface area contributed by atoms with Crippen LogP contribution in [0.3, 0.4) is 0 Å².